The van der Waals surface area contributed by atoms with E-state index in [2.05, 4.69) is 10.2 Å². The minimum Gasteiger partial charge on any atom is -0.496 e. The SMILES string of the molecule is COc1ccc(C(=O)Nc2ccc(-c3ccc(C(C)=O)cc3)cc2)cc1CCN(C)C. The van der Waals surface area contributed by atoms with Gasteiger partial charge in [-0.1, -0.05) is 36.4 Å². The molecule has 0 radical (unpaired) electrons. The van der Waals surface area contributed by atoms with Crippen LogP contribution in [0.25, 0.3) is 11.1 Å². The molecule has 3 aromatic rings. The summed E-state index contributed by atoms with van der Waals surface area (Å²) in [5.41, 5.74) is 5.05. The fraction of sp³-hybridized carbons (Fsp3) is 0.231. The number of anilines is 1. The predicted octanol–water partition coefficient (Wildman–Crippen LogP) is 4.92. The van der Waals surface area contributed by atoms with Crippen LogP contribution in [-0.4, -0.2) is 44.3 Å². The van der Waals surface area contributed by atoms with Crippen LogP contribution in [0.3, 0.4) is 0 Å². The van der Waals surface area contributed by atoms with E-state index in [1.54, 1.807) is 20.1 Å². The van der Waals surface area contributed by atoms with Crippen LogP contribution in [0.2, 0.25) is 0 Å². The molecule has 0 aliphatic heterocycles. The molecule has 0 unspecified atom stereocenters. The Morgan fingerprint density at radius 2 is 1.45 bits per heavy atom. The third-order valence-electron chi connectivity index (χ3n) is 5.14. The van der Waals surface area contributed by atoms with Crippen LogP contribution in [-0.2, 0) is 6.42 Å². The number of ether oxygens (including phenoxy) is 1. The summed E-state index contributed by atoms with van der Waals surface area (Å²) in [6.45, 7) is 2.43. The molecule has 5 heteroatoms. The van der Waals surface area contributed by atoms with Gasteiger partial charge in [-0.2, -0.15) is 0 Å². The minimum atomic E-state index is -0.160. The van der Waals surface area contributed by atoms with Crippen molar-refractivity contribution < 1.29 is 14.3 Å². The van der Waals surface area contributed by atoms with E-state index < -0.39 is 0 Å². The van der Waals surface area contributed by atoms with Gasteiger partial charge >= 0.3 is 0 Å². The number of carbonyl (C=O) groups excluding carboxylic acids is 2. The Labute approximate surface area is 183 Å². The highest BCUT2D eigenvalue weighted by Crippen LogP contribution is 2.24. The molecule has 0 atom stereocenters. The molecule has 0 saturated carbocycles. The largest absolute Gasteiger partial charge is 0.496 e. The number of carbonyl (C=O) groups is 2. The van der Waals surface area contributed by atoms with E-state index in [9.17, 15) is 9.59 Å². The molecule has 5 nitrogen and oxygen atoms in total. The van der Waals surface area contributed by atoms with Crippen molar-refractivity contribution in [3.8, 4) is 16.9 Å². The van der Waals surface area contributed by atoms with E-state index in [0.29, 0.717) is 11.1 Å². The molecule has 3 rings (SSSR count). The van der Waals surface area contributed by atoms with Crippen molar-refractivity contribution in [3.63, 3.8) is 0 Å². The van der Waals surface area contributed by atoms with Crippen molar-refractivity contribution >= 4 is 17.4 Å². The molecule has 0 saturated heterocycles. The van der Waals surface area contributed by atoms with Gasteiger partial charge in [-0.15, -0.1) is 0 Å². The molecule has 0 spiro atoms. The molecule has 160 valence electrons. The zero-order chi connectivity index (χ0) is 22.4. The number of nitrogens with one attached hydrogen (secondary N) is 1. The number of benzene rings is 3. The lowest BCUT2D eigenvalue weighted by Gasteiger charge is -2.14. The highest BCUT2D eigenvalue weighted by Gasteiger charge is 2.11. The summed E-state index contributed by atoms with van der Waals surface area (Å²) in [4.78, 5) is 26.3. The van der Waals surface area contributed by atoms with Crippen molar-refractivity contribution in [1.82, 2.24) is 4.90 Å². The first-order valence-corrected chi connectivity index (χ1v) is 10.2. The smallest absolute Gasteiger partial charge is 0.255 e. The summed E-state index contributed by atoms with van der Waals surface area (Å²) in [7, 11) is 5.68. The van der Waals surface area contributed by atoms with Crippen molar-refractivity contribution in [2.75, 3.05) is 33.1 Å². The summed E-state index contributed by atoms with van der Waals surface area (Å²) in [6, 6.07) is 20.7. The van der Waals surface area contributed by atoms with Gasteiger partial charge in [0, 0.05) is 23.4 Å². The summed E-state index contributed by atoms with van der Waals surface area (Å²) < 4.78 is 5.44. The number of rotatable bonds is 8. The van der Waals surface area contributed by atoms with E-state index in [4.69, 9.17) is 4.74 Å². The fourth-order valence-electron chi connectivity index (χ4n) is 3.31. The molecule has 0 aliphatic carbocycles. The van der Waals surface area contributed by atoms with Gasteiger partial charge in [0.15, 0.2) is 5.78 Å². The summed E-state index contributed by atoms with van der Waals surface area (Å²) in [6.07, 6.45) is 0.800. The maximum atomic E-state index is 12.8. The lowest BCUT2D eigenvalue weighted by atomic mass is 10.0. The number of Topliss-reactive ketones (excluding diaryl/α,β-unsaturated/α-hetero) is 1. The molecule has 1 N–H and O–H groups in total. The Hall–Kier alpha value is -3.44. The monoisotopic (exact) mass is 416 g/mol. The standard InChI is InChI=1S/C26H28N2O3/c1-18(29)19-5-7-20(8-6-19)21-9-12-24(13-10-21)27-26(30)23-11-14-25(31-4)22(17-23)15-16-28(2)3/h5-14,17H,15-16H2,1-4H3,(H,27,30). The van der Waals surface area contributed by atoms with Gasteiger partial charge in [-0.05, 0) is 74.5 Å². The second-order valence-electron chi connectivity index (χ2n) is 7.74. The van der Waals surface area contributed by atoms with Gasteiger partial charge in [0.25, 0.3) is 5.91 Å². The number of nitrogens with zero attached hydrogens (tertiary/aromatic N) is 1. The zero-order valence-corrected chi connectivity index (χ0v) is 18.4. The number of methoxy groups -OCH3 is 1. The van der Waals surface area contributed by atoms with Crippen LogP contribution in [0.1, 0.15) is 33.2 Å². The zero-order valence-electron chi connectivity index (χ0n) is 18.4. The second kappa shape index (κ2) is 10.0. The molecule has 0 aliphatic rings. The number of hydrogen-bond donors (Lipinski definition) is 1. The van der Waals surface area contributed by atoms with E-state index in [1.165, 1.54) is 0 Å². The third kappa shape index (κ3) is 5.80. The van der Waals surface area contributed by atoms with Crippen molar-refractivity contribution in [2.45, 2.75) is 13.3 Å². The van der Waals surface area contributed by atoms with E-state index in [0.717, 1.165) is 41.1 Å². The second-order valence-corrected chi connectivity index (χ2v) is 7.74. The number of amides is 1. The van der Waals surface area contributed by atoms with Crippen molar-refractivity contribution in [2.24, 2.45) is 0 Å². The average Bonchev–Trinajstić information content (AvgIpc) is 2.78. The molecule has 0 aromatic heterocycles. The number of ketones is 1. The summed E-state index contributed by atoms with van der Waals surface area (Å²) in [5, 5.41) is 2.96. The molecule has 0 bridgehead atoms. The van der Waals surface area contributed by atoms with Gasteiger partial charge in [-0.3, -0.25) is 9.59 Å². The quantitative estimate of drug-likeness (QED) is 0.530. The lowest BCUT2D eigenvalue weighted by molar-refractivity contribution is 0.101. The number of hydrogen-bond acceptors (Lipinski definition) is 4. The van der Waals surface area contributed by atoms with Crippen molar-refractivity contribution in [3.05, 3.63) is 83.4 Å². The van der Waals surface area contributed by atoms with Crippen molar-refractivity contribution in [1.29, 1.82) is 0 Å². The molecule has 31 heavy (non-hydrogen) atoms. The molecular weight excluding hydrogens is 388 g/mol. The van der Waals surface area contributed by atoms with Crippen LogP contribution in [0.5, 0.6) is 5.75 Å². The highest BCUT2D eigenvalue weighted by molar-refractivity contribution is 6.04. The van der Waals surface area contributed by atoms with Gasteiger partial charge < -0.3 is 15.0 Å². The molecular formula is C26H28N2O3. The molecule has 0 heterocycles. The first-order valence-electron chi connectivity index (χ1n) is 10.2. The fourth-order valence-corrected chi connectivity index (χ4v) is 3.31. The van der Waals surface area contributed by atoms with Crippen LogP contribution >= 0.6 is 0 Å². The first kappa shape index (κ1) is 22.2. The molecule has 1 amide bonds. The van der Waals surface area contributed by atoms with Crippen LogP contribution in [0.15, 0.2) is 66.7 Å². The Morgan fingerprint density at radius 1 is 0.871 bits per heavy atom. The molecule has 0 fully saturated rings. The van der Waals surface area contributed by atoms with Gasteiger partial charge in [0.2, 0.25) is 0 Å². The number of likely N-dealkylation sites (N-methyl/N-ethyl adjacent to an activating group) is 1. The van der Waals surface area contributed by atoms with Crippen LogP contribution in [0, 0.1) is 0 Å². The Balaban J connectivity index is 1.71. The average molecular weight is 417 g/mol. The Bertz CT molecular complexity index is 1060. The molecule has 3 aromatic carbocycles. The van der Waals surface area contributed by atoms with E-state index in [1.807, 2.05) is 74.8 Å². The Kier molecular flexibility index (Phi) is 7.21. The topological polar surface area (TPSA) is 58.6 Å². The highest BCUT2D eigenvalue weighted by atomic mass is 16.5. The first-order chi connectivity index (χ1) is 14.9. The van der Waals surface area contributed by atoms with E-state index in [-0.39, 0.29) is 11.7 Å². The maximum Gasteiger partial charge on any atom is 0.255 e. The maximum absolute atomic E-state index is 12.8. The van der Waals surface area contributed by atoms with E-state index >= 15 is 0 Å². The predicted molar refractivity (Wildman–Crippen MR) is 125 cm³/mol. The summed E-state index contributed by atoms with van der Waals surface area (Å²) in [5.74, 6) is 0.680. The normalized spacial score (nSPS) is 10.7. The van der Waals surface area contributed by atoms with Crippen LogP contribution in [0.4, 0.5) is 5.69 Å². The third-order valence-corrected chi connectivity index (χ3v) is 5.14. The lowest BCUT2D eigenvalue weighted by Crippen LogP contribution is -2.16. The Morgan fingerprint density at radius 3 is 2.00 bits per heavy atom. The minimum absolute atomic E-state index is 0.0491. The van der Waals surface area contributed by atoms with Gasteiger partial charge in [-0.25, -0.2) is 0 Å². The summed E-state index contributed by atoms with van der Waals surface area (Å²) >= 11 is 0. The van der Waals surface area contributed by atoms with Gasteiger partial charge in [0.05, 0.1) is 7.11 Å². The van der Waals surface area contributed by atoms with Gasteiger partial charge in [0.1, 0.15) is 5.75 Å². The van der Waals surface area contributed by atoms with Crippen LogP contribution < -0.4 is 10.1 Å².